The molecule has 0 bridgehead atoms. The van der Waals surface area contributed by atoms with Crippen molar-refractivity contribution in [1.29, 1.82) is 0 Å². The number of piperazine rings is 1. The summed E-state index contributed by atoms with van der Waals surface area (Å²) in [5.74, 6) is -0.663. The number of halogens is 1. The van der Waals surface area contributed by atoms with Crippen LogP contribution >= 0.6 is 0 Å². The first-order valence-electron chi connectivity index (χ1n) is 11.1. The van der Waals surface area contributed by atoms with E-state index in [2.05, 4.69) is 41.6 Å². The van der Waals surface area contributed by atoms with Gasteiger partial charge in [-0.3, -0.25) is 14.7 Å². The summed E-state index contributed by atoms with van der Waals surface area (Å²) in [6, 6.07) is 13.7. The summed E-state index contributed by atoms with van der Waals surface area (Å²) in [5, 5.41) is 0. The van der Waals surface area contributed by atoms with Gasteiger partial charge < -0.3 is 9.80 Å². The number of benzene rings is 2. The second-order valence-corrected chi connectivity index (χ2v) is 8.67. The standard InChI is InChI=1S/C25H31FN4O/c1-4-21-16-28(11-12-30(21)18(2)3)25(31)22-13-19(9-10-23(22)26)15-29-17-27-14-20-7-5-6-8-24(20)29/h5-10,13-14,18,21H,4,11-12,15-17H2,1-3H3/t21-/m1/s1. The van der Waals surface area contributed by atoms with Crippen molar-refractivity contribution < 1.29 is 9.18 Å². The summed E-state index contributed by atoms with van der Waals surface area (Å²) in [5.41, 5.74) is 3.25. The third kappa shape index (κ3) is 4.49. The molecule has 0 aromatic heterocycles. The Kier molecular flexibility index (Phi) is 6.37. The zero-order chi connectivity index (χ0) is 22.0. The molecule has 6 heteroatoms. The Morgan fingerprint density at radius 1 is 1.19 bits per heavy atom. The number of rotatable bonds is 5. The van der Waals surface area contributed by atoms with Gasteiger partial charge in [0, 0.05) is 55.7 Å². The van der Waals surface area contributed by atoms with Crippen molar-refractivity contribution in [2.75, 3.05) is 31.2 Å². The van der Waals surface area contributed by atoms with Crippen LogP contribution in [0.3, 0.4) is 0 Å². The zero-order valence-electron chi connectivity index (χ0n) is 18.6. The van der Waals surface area contributed by atoms with E-state index in [1.807, 2.05) is 29.3 Å². The van der Waals surface area contributed by atoms with Crippen LogP contribution in [0.4, 0.5) is 10.1 Å². The summed E-state index contributed by atoms with van der Waals surface area (Å²) >= 11 is 0. The average Bonchev–Trinajstić information content (AvgIpc) is 2.79. The van der Waals surface area contributed by atoms with Crippen molar-refractivity contribution in [3.63, 3.8) is 0 Å². The van der Waals surface area contributed by atoms with Crippen LogP contribution in [0.5, 0.6) is 0 Å². The summed E-state index contributed by atoms with van der Waals surface area (Å²) < 4.78 is 14.7. The minimum Gasteiger partial charge on any atom is -0.347 e. The topological polar surface area (TPSA) is 39.2 Å². The van der Waals surface area contributed by atoms with Crippen LogP contribution in [0.25, 0.3) is 0 Å². The van der Waals surface area contributed by atoms with E-state index in [-0.39, 0.29) is 11.5 Å². The molecular weight excluding hydrogens is 391 g/mol. The first-order chi connectivity index (χ1) is 15.0. The van der Waals surface area contributed by atoms with Gasteiger partial charge in [-0.25, -0.2) is 4.39 Å². The molecule has 31 heavy (non-hydrogen) atoms. The van der Waals surface area contributed by atoms with Crippen LogP contribution in [-0.2, 0) is 6.54 Å². The van der Waals surface area contributed by atoms with E-state index >= 15 is 0 Å². The van der Waals surface area contributed by atoms with Gasteiger partial charge in [-0.05, 0) is 44.0 Å². The van der Waals surface area contributed by atoms with Crippen molar-refractivity contribution in [3.8, 4) is 0 Å². The first kappa shape index (κ1) is 21.5. The summed E-state index contributed by atoms with van der Waals surface area (Å²) in [7, 11) is 0. The van der Waals surface area contributed by atoms with E-state index in [0.717, 1.165) is 29.8 Å². The lowest BCUT2D eigenvalue weighted by molar-refractivity contribution is 0.0368. The third-order valence-electron chi connectivity index (χ3n) is 6.34. The molecule has 0 aliphatic carbocycles. The van der Waals surface area contributed by atoms with Gasteiger partial charge in [0.15, 0.2) is 0 Å². The lowest BCUT2D eigenvalue weighted by Gasteiger charge is -2.43. The van der Waals surface area contributed by atoms with Crippen LogP contribution in [0.2, 0.25) is 0 Å². The van der Waals surface area contributed by atoms with Crippen LogP contribution in [0.1, 0.15) is 48.7 Å². The van der Waals surface area contributed by atoms with E-state index in [4.69, 9.17) is 0 Å². The van der Waals surface area contributed by atoms with E-state index in [9.17, 15) is 9.18 Å². The van der Waals surface area contributed by atoms with Gasteiger partial charge in [-0.15, -0.1) is 0 Å². The molecule has 4 rings (SSSR count). The maximum Gasteiger partial charge on any atom is 0.256 e. The number of carbonyl (C=O) groups is 1. The quantitative estimate of drug-likeness (QED) is 0.726. The number of amides is 1. The van der Waals surface area contributed by atoms with Gasteiger partial charge in [0.25, 0.3) is 5.91 Å². The number of carbonyl (C=O) groups excluding carboxylic acids is 1. The van der Waals surface area contributed by atoms with Crippen LogP contribution < -0.4 is 4.90 Å². The SMILES string of the molecule is CC[C@@H]1CN(C(=O)c2cc(CN3CN=Cc4ccccc43)ccc2F)CCN1C(C)C. The number of nitrogens with zero attached hydrogens (tertiary/aromatic N) is 4. The monoisotopic (exact) mass is 422 g/mol. The molecule has 1 saturated heterocycles. The van der Waals surface area contributed by atoms with Crippen LogP contribution in [-0.4, -0.2) is 60.3 Å². The van der Waals surface area contributed by atoms with Gasteiger partial charge in [0.05, 0.1) is 5.56 Å². The highest BCUT2D eigenvalue weighted by Crippen LogP contribution is 2.25. The maximum atomic E-state index is 14.7. The highest BCUT2D eigenvalue weighted by molar-refractivity contribution is 5.95. The number of hydrogen-bond acceptors (Lipinski definition) is 4. The smallest absolute Gasteiger partial charge is 0.256 e. The summed E-state index contributed by atoms with van der Waals surface area (Å²) in [6.07, 6.45) is 2.85. The molecule has 1 atom stereocenters. The number of hydrogen-bond donors (Lipinski definition) is 0. The maximum absolute atomic E-state index is 14.7. The molecule has 2 aliphatic rings. The van der Waals surface area contributed by atoms with E-state index < -0.39 is 5.82 Å². The van der Waals surface area contributed by atoms with Gasteiger partial charge in [-0.2, -0.15) is 0 Å². The highest BCUT2D eigenvalue weighted by atomic mass is 19.1. The van der Waals surface area contributed by atoms with Crippen LogP contribution in [0, 0.1) is 5.82 Å². The lowest BCUT2D eigenvalue weighted by atomic mass is 10.0. The Morgan fingerprint density at radius 3 is 2.77 bits per heavy atom. The van der Waals surface area contributed by atoms with Crippen molar-refractivity contribution >= 4 is 17.8 Å². The minimum atomic E-state index is -0.454. The fraction of sp³-hybridized carbons (Fsp3) is 0.440. The zero-order valence-corrected chi connectivity index (χ0v) is 18.6. The molecule has 0 spiro atoms. The molecule has 2 aliphatic heterocycles. The number of aliphatic imine (C=N–C) groups is 1. The van der Waals surface area contributed by atoms with Gasteiger partial charge in [0.1, 0.15) is 12.5 Å². The molecule has 5 nitrogen and oxygen atoms in total. The molecule has 1 fully saturated rings. The molecule has 2 heterocycles. The largest absolute Gasteiger partial charge is 0.347 e. The van der Waals surface area contributed by atoms with E-state index in [1.165, 1.54) is 6.07 Å². The Bertz CT molecular complexity index is 974. The third-order valence-corrected chi connectivity index (χ3v) is 6.34. The van der Waals surface area contributed by atoms with Gasteiger partial charge in [-0.1, -0.05) is 31.2 Å². The molecule has 0 saturated carbocycles. The molecule has 1 amide bonds. The minimum absolute atomic E-state index is 0.166. The van der Waals surface area contributed by atoms with Gasteiger partial charge >= 0.3 is 0 Å². The predicted molar refractivity (Wildman–Crippen MR) is 123 cm³/mol. The first-order valence-corrected chi connectivity index (χ1v) is 11.1. The molecule has 2 aromatic carbocycles. The number of anilines is 1. The van der Waals surface area contributed by atoms with Crippen molar-refractivity contribution in [2.45, 2.75) is 45.8 Å². The fourth-order valence-electron chi connectivity index (χ4n) is 4.66. The Hall–Kier alpha value is -2.73. The van der Waals surface area contributed by atoms with E-state index in [0.29, 0.717) is 38.4 Å². The fourth-order valence-corrected chi connectivity index (χ4v) is 4.66. The molecular formula is C25H31FN4O. The van der Waals surface area contributed by atoms with Crippen molar-refractivity contribution in [3.05, 3.63) is 65.0 Å². The molecule has 0 radical (unpaired) electrons. The number of para-hydroxylation sites is 1. The predicted octanol–water partition coefficient (Wildman–Crippen LogP) is 4.17. The summed E-state index contributed by atoms with van der Waals surface area (Å²) in [6.45, 7) is 9.75. The Balaban J connectivity index is 1.52. The Morgan fingerprint density at radius 2 is 2.00 bits per heavy atom. The molecule has 2 aromatic rings. The molecule has 0 N–H and O–H groups in total. The Labute approximate surface area is 184 Å². The lowest BCUT2D eigenvalue weighted by Crippen LogP contribution is -2.56. The van der Waals surface area contributed by atoms with Crippen molar-refractivity contribution in [2.24, 2.45) is 4.99 Å². The summed E-state index contributed by atoms with van der Waals surface area (Å²) in [4.78, 5) is 24.1. The number of fused-ring (bicyclic) bond motifs is 1. The molecule has 164 valence electrons. The molecule has 0 unspecified atom stereocenters. The normalized spacial score (nSPS) is 19.1. The van der Waals surface area contributed by atoms with E-state index in [1.54, 1.807) is 12.1 Å². The second-order valence-electron chi connectivity index (χ2n) is 8.67. The van der Waals surface area contributed by atoms with Crippen molar-refractivity contribution in [1.82, 2.24) is 9.80 Å². The van der Waals surface area contributed by atoms with Gasteiger partial charge in [0.2, 0.25) is 0 Å². The highest BCUT2D eigenvalue weighted by Gasteiger charge is 2.31. The average molecular weight is 423 g/mol. The second kappa shape index (κ2) is 9.18. The van der Waals surface area contributed by atoms with Crippen LogP contribution in [0.15, 0.2) is 47.5 Å².